The number of nitrogen functional groups attached to an aromatic ring is 1. The number of esters is 1. The Morgan fingerprint density at radius 1 is 1.22 bits per heavy atom. The fraction of sp³-hybridized carbons (Fsp3) is 0.214. The van der Waals surface area contributed by atoms with Crippen molar-refractivity contribution in [1.82, 2.24) is 0 Å². The molecule has 0 unspecified atom stereocenters. The van der Waals surface area contributed by atoms with Crippen LogP contribution in [0.25, 0.3) is 11.3 Å². The first kappa shape index (κ1) is 12.2. The minimum atomic E-state index is -0.497. The minimum absolute atomic E-state index is 0.171. The molecule has 0 atom stereocenters. The van der Waals surface area contributed by atoms with Gasteiger partial charge in [-0.1, -0.05) is 0 Å². The van der Waals surface area contributed by atoms with Gasteiger partial charge in [0.05, 0.1) is 7.11 Å². The van der Waals surface area contributed by atoms with Crippen molar-refractivity contribution in [2.24, 2.45) is 0 Å². The quantitative estimate of drug-likeness (QED) is 0.652. The van der Waals surface area contributed by atoms with Gasteiger partial charge in [-0.25, -0.2) is 4.79 Å². The van der Waals surface area contributed by atoms with Crippen LogP contribution in [0, 0.1) is 13.8 Å². The lowest BCUT2D eigenvalue weighted by molar-refractivity contribution is 0.0566. The topological polar surface area (TPSA) is 65.5 Å². The molecule has 1 aromatic heterocycles. The lowest BCUT2D eigenvalue weighted by Gasteiger charge is -2.07. The highest BCUT2D eigenvalue weighted by atomic mass is 16.5. The number of anilines is 1. The summed E-state index contributed by atoms with van der Waals surface area (Å²) in [5.74, 6) is 0.241. The largest absolute Gasteiger partial charge is 0.463 e. The highest BCUT2D eigenvalue weighted by molar-refractivity contribution is 5.87. The fourth-order valence-electron chi connectivity index (χ4n) is 1.74. The number of furan rings is 1. The van der Waals surface area contributed by atoms with Gasteiger partial charge in [0.25, 0.3) is 0 Å². The number of nitrogens with two attached hydrogens (primary N) is 1. The highest BCUT2D eigenvalue weighted by Gasteiger charge is 2.14. The summed E-state index contributed by atoms with van der Waals surface area (Å²) in [5, 5.41) is 0. The summed E-state index contributed by atoms with van der Waals surface area (Å²) in [6, 6.07) is 7.14. The Hall–Kier alpha value is -2.23. The maximum Gasteiger partial charge on any atom is 0.373 e. The van der Waals surface area contributed by atoms with Gasteiger partial charge >= 0.3 is 5.97 Å². The van der Waals surface area contributed by atoms with Gasteiger partial charge in [0.15, 0.2) is 0 Å². The van der Waals surface area contributed by atoms with Crippen LogP contribution in [0.4, 0.5) is 5.69 Å². The molecule has 94 valence electrons. The molecule has 0 saturated heterocycles. The van der Waals surface area contributed by atoms with Crippen LogP contribution in [0.1, 0.15) is 21.7 Å². The molecule has 0 saturated carbocycles. The van der Waals surface area contributed by atoms with E-state index < -0.39 is 5.97 Å². The molecular formula is C14H15NO3. The van der Waals surface area contributed by atoms with E-state index in [-0.39, 0.29) is 5.76 Å². The lowest BCUT2D eigenvalue weighted by atomic mass is 10.0. The Balaban J connectivity index is 2.46. The molecule has 1 aromatic carbocycles. The van der Waals surface area contributed by atoms with Gasteiger partial charge in [-0.05, 0) is 49.2 Å². The predicted molar refractivity (Wildman–Crippen MR) is 69.4 cm³/mol. The van der Waals surface area contributed by atoms with Crippen LogP contribution in [-0.4, -0.2) is 13.1 Å². The molecule has 2 aromatic rings. The van der Waals surface area contributed by atoms with E-state index in [1.165, 1.54) is 7.11 Å². The number of aryl methyl sites for hydroxylation is 2. The maximum absolute atomic E-state index is 11.3. The van der Waals surface area contributed by atoms with Gasteiger partial charge in [0, 0.05) is 11.3 Å². The summed E-state index contributed by atoms with van der Waals surface area (Å²) in [6.45, 7) is 4.00. The molecule has 2 N–H and O–H groups in total. The second kappa shape index (κ2) is 4.56. The SMILES string of the molecule is COC(=O)c1ccc(-c2cc(C)c(C)cc2N)o1. The molecule has 1 heterocycles. The van der Waals surface area contributed by atoms with Crippen molar-refractivity contribution >= 4 is 11.7 Å². The smallest absolute Gasteiger partial charge is 0.373 e. The molecule has 0 aliphatic rings. The molecule has 0 aliphatic carbocycles. The summed E-state index contributed by atoms with van der Waals surface area (Å²) < 4.78 is 10.0. The van der Waals surface area contributed by atoms with Crippen molar-refractivity contribution < 1.29 is 13.9 Å². The molecule has 0 amide bonds. The van der Waals surface area contributed by atoms with Gasteiger partial charge in [0.1, 0.15) is 5.76 Å². The first-order chi connectivity index (χ1) is 8.52. The van der Waals surface area contributed by atoms with Crippen molar-refractivity contribution in [2.75, 3.05) is 12.8 Å². The number of benzene rings is 1. The van der Waals surface area contributed by atoms with E-state index in [9.17, 15) is 4.79 Å². The number of ether oxygens (including phenoxy) is 1. The van der Waals surface area contributed by atoms with Crippen LogP contribution < -0.4 is 5.73 Å². The van der Waals surface area contributed by atoms with E-state index in [0.29, 0.717) is 11.4 Å². The van der Waals surface area contributed by atoms with Gasteiger partial charge in [-0.3, -0.25) is 0 Å². The average Bonchev–Trinajstić information content (AvgIpc) is 2.82. The zero-order valence-corrected chi connectivity index (χ0v) is 10.6. The second-order valence-corrected chi connectivity index (χ2v) is 4.18. The average molecular weight is 245 g/mol. The van der Waals surface area contributed by atoms with Crippen LogP contribution in [0.15, 0.2) is 28.7 Å². The molecular weight excluding hydrogens is 230 g/mol. The van der Waals surface area contributed by atoms with E-state index in [4.69, 9.17) is 10.2 Å². The summed E-state index contributed by atoms with van der Waals surface area (Å²) in [5.41, 5.74) is 9.62. The van der Waals surface area contributed by atoms with E-state index in [1.54, 1.807) is 12.1 Å². The zero-order chi connectivity index (χ0) is 13.3. The van der Waals surface area contributed by atoms with Crippen LogP contribution in [-0.2, 0) is 4.74 Å². The normalized spacial score (nSPS) is 10.4. The number of hydrogen-bond donors (Lipinski definition) is 1. The Morgan fingerprint density at radius 3 is 2.56 bits per heavy atom. The third-order valence-corrected chi connectivity index (χ3v) is 2.92. The number of carbonyl (C=O) groups excluding carboxylic acids is 1. The third-order valence-electron chi connectivity index (χ3n) is 2.92. The van der Waals surface area contributed by atoms with Gasteiger partial charge in [-0.2, -0.15) is 0 Å². The van der Waals surface area contributed by atoms with Crippen molar-refractivity contribution in [3.05, 3.63) is 41.2 Å². The Morgan fingerprint density at radius 2 is 1.89 bits per heavy atom. The summed E-state index contributed by atoms with van der Waals surface area (Å²) in [6.07, 6.45) is 0. The van der Waals surface area contributed by atoms with E-state index in [2.05, 4.69) is 4.74 Å². The van der Waals surface area contributed by atoms with Gasteiger partial charge in [0.2, 0.25) is 5.76 Å². The molecule has 2 rings (SSSR count). The highest BCUT2D eigenvalue weighted by Crippen LogP contribution is 2.30. The maximum atomic E-state index is 11.3. The zero-order valence-electron chi connectivity index (χ0n) is 10.6. The Kier molecular flexibility index (Phi) is 3.10. The van der Waals surface area contributed by atoms with Crippen LogP contribution in [0.3, 0.4) is 0 Å². The van der Waals surface area contributed by atoms with Crippen molar-refractivity contribution in [2.45, 2.75) is 13.8 Å². The first-order valence-electron chi connectivity index (χ1n) is 5.58. The molecule has 0 radical (unpaired) electrons. The number of rotatable bonds is 2. The Labute approximate surface area is 105 Å². The van der Waals surface area contributed by atoms with E-state index >= 15 is 0 Å². The van der Waals surface area contributed by atoms with Gasteiger partial charge in [-0.15, -0.1) is 0 Å². The third kappa shape index (κ3) is 2.09. The second-order valence-electron chi connectivity index (χ2n) is 4.18. The van der Waals surface area contributed by atoms with E-state index in [0.717, 1.165) is 16.7 Å². The first-order valence-corrected chi connectivity index (χ1v) is 5.58. The van der Waals surface area contributed by atoms with Crippen molar-refractivity contribution in [1.29, 1.82) is 0 Å². The Bertz CT molecular complexity index is 599. The minimum Gasteiger partial charge on any atom is -0.463 e. The molecule has 4 heteroatoms. The standard InChI is InChI=1S/C14H15NO3/c1-8-6-10(11(15)7-9(8)2)12-4-5-13(18-12)14(16)17-3/h4-7H,15H2,1-3H3. The molecule has 0 aliphatic heterocycles. The molecule has 18 heavy (non-hydrogen) atoms. The van der Waals surface area contributed by atoms with Crippen LogP contribution in [0.5, 0.6) is 0 Å². The molecule has 0 spiro atoms. The van der Waals surface area contributed by atoms with E-state index in [1.807, 2.05) is 26.0 Å². The number of methoxy groups -OCH3 is 1. The number of hydrogen-bond acceptors (Lipinski definition) is 4. The molecule has 0 bridgehead atoms. The monoisotopic (exact) mass is 245 g/mol. The van der Waals surface area contributed by atoms with Gasteiger partial charge < -0.3 is 14.9 Å². The fourth-order valence-corrected chi connectivity index (χ4v) is 1.74. The molecule has 4 nitrogen and oxygen atoms in total. The summed E-state index contributed by atoms with van der Waals surface area (Å²) in [4.78, 5) is 11.3. The lowest BCUT2D eigenvalue weighted by Crippen LogP contribution is -1.98. The van der Waals surface area contributed by atoms with Crippen molar-refractivity contribution in [3.63, 3.8) is 0 Å². The van der Waals surface area contributed by atoms with Crippen molar-refractivity contribution in [3.8, 4) is 11.3 Å². The summed E-state index contributed by atoms with van der Waals surface area (Å²) >= 11 is 0. The van der Waals surface area contributed by atoms with Crippen LogP contribution >= 0.6 is 0 Å². The van der Waals surface area contributed by atoms with Crippen LogP contribution in [0.2, 0.25) is 0 Å². The molecule has 0 fully saturated rings. The summed E-state index contributed by atoms with van der Waals surface area (Å²) in [7, 11) is 1.31. The predicted octanol–water partition coefficient (Wildman–Crippen LogP) is 2.93. The number of carbonyl (C=O) groups is 1.